The van der Waals surface area contributed by atoms with E-state index in [4.69, 9.17) is 0 Å². The summed E-state index contributed by atoms with van der Waals surface area (Å²) in [6.45, 7) is 8.28. The number of aryl methyl sites for hydroxylation is 1. The van der Waals surface area contributed by atoms with Gasteiger partial charge in [0.1, 0.15) is 0 Å². The summed E-state index contributed by atoms with van der Waals surface area (Å²) in [6.07, 6.45) is 7.00. The molecule has 1 aliphatic carbocycles. The summed E-state index contributed by atoms with van der Waals surface area (Å²) in [5.74, 6) is 2.09. The third-order valence-corrected chi connectivity index (χ3v) is 5.50. The Balaban J connectivity index is 1.43. The van der Waals surface area contributed by atoms with Crippen LogP contribution in [0.2, 0.25) is 0 Å². The Kier molecular flexibility index (Phi) is 3.37. The second kappa shape index (κ2) is 5.24. The van der Waals surface area contributed by atoms with E-state index in [9.17, 15) is 0 Å². The average Bonchev–Trinajstić information content (AvgIpc) is 3.22. The lowest BCUT2D eigenvalue weighted by molar-refractivity contribution is 0.216. The maximum atomic E-state index is 4.40. The van der Waals surface area contributed by atoms with Gasteiger partial charge in [0.2, 0.25) is 0 Å². The minimum absolute atomic E-state index is 0.514. The van der Waals surface area contributed by atoms with E-state index in [1.165, 1.54) is 58.3 Å². The van der Waals surface area contributed by atoms with Crippen LogP contribution < -0.4 is 4.90 Å². The Morgan fingerprint density at radius 3 is 2.81 bits per heavy atom. The first kappa shape index (κ1) is 13.5. The third kappa shape index (κ3) is 2.91. The van der Waals surface area contributed by atoms with Crippen LogP contribution in [0.25, 0.3) is 0 Å². The molecule has 2 saturated heterocycles. The highest BCUT2D eigenvalue weighted by Gasteiger charge is 2.42. The summed E-state index contributed by atoms with van der Waals surface area (Å²) in [4.78, 5) is 5.19. The minimum atomic E-state index is 0.514. The van der Waals surface area contributed by atoms with Gasteiger partial charge >= 0.3 is 0 Å². The topological polar surface area (TPSA) is 32.3 Å². The highest BCUT2D eigenvalue weighted by Crippen LogP contribution is 2.41. The predicted molar refractivity (Wildman–Crippen MR) is 84.4 cm³/mol. The Bertz CT molecular complexity index is 496. The Labute approximate surface area is 127 Å². The first-order chi connectivity index (χ1) is 10.2. The Morgan fingerprint density at radius 1 is 1.14 bits per heavy atom. The van der Waals surface area contributed by atoms with Crippen LogP contribution in [0, 0.1) is 18.3 Å². The average molecular weight is 286 g/mol. The van der Waals surface area contributed by atoms with Crippen molar-refractivity contribution in [2.45, 2.75) is 39.0 Å². The summed E-state index contributed by atoms with van der Waals surface area (Å²) in [5.41, 5.74) is 1.52. The Hall–Kier alpha value is -1.16. The normalized spacial score (nSPS) is 30.2. The van der Waals surface area contributed by atoms with Gasteiger partial charge in [0, 0.05) is 31.6 Å². The van der Waals surface area contributed by atoms with Crippen molar-refractivity contribution in [1.82, 2.24) is 15.1 Å². The molecule has 3 aliphatic rings. The molecule has 1 atom stereocenters. The summed E-state index contributed by atoms with van der Waals surface area (Å²) in [5, 5.41) is 8.63. The van der Waals surface area contributed by atoms with E-state index < -0.39 is 0 Å². The summed E-state index contributed by atoms with van der Waals surface area (Å²) in [6, 6.07) is 4.22. The van der Waals surface area contributed by atoms with Crippen molar-refractivity contribution in [3.05, 3.63) is 17.8 Å². The fraction of sp³-hybridized carbons (Fsp3) is 0.765. The van der Waals surface area contributed by atoms with Gasteiger partial charge < -0.3 is 9.80 Å². The lowest BCUT2D eigenvalue weighted by Gasteiger charge is -2.41. The largest absolute Gasteiger partial charge is 0.355 e. The molecule has 1 aromatic rings. The van der Waals surface area contributed by atoms with Crippen LogP contribution >= 0.6 is 0 Å². The fourth-order valence-corrected chi connectivity index (χ4v) is 4.15. The molecule has 0 N–H and O–H groups in total. The van der Waals surface area contributed by atoms with Crippen molar-refractivity contribution < 1.29 is 0 Å². The van der Waals surface area contributed by atoms with E-state index in [1.54, 1.807) is 0 Å². The highest BCUT2D eigenvalue weighted by atomic mass is 15.3. The van der Waals surface area contributed by atoms with Gasteiger partial charge in [-0.2, -0.15) is 5.10 Å². The quantitative estimate of drug-likeness (QED) is 0.854. The summed E-state index contributed by atoms with van der Waals surface area (Å²) in [7, 11) is 0. The molecule has 0 aromatic carbocycles. The molecule has 2 aliphatic heterocycles. The zero-order chi connectivity index (χ0) is 14.3. The highest BCUT2D eigenvalue weighted by molar-refractivity contribution is 5.38. The lowest BCUT2D eigenvalue weighted by Crippen LogP contribution is -2.45. The van der Waals surface area contributed by atoms with Crippen LogP contribution in [0.15, 0.2) is 12.1 Å². The standard InChI is InChI=1S/C17H26N4/c1-14-3-6-16(19-18-14)21-9-2-7-17(13-21)8-10-20(12-17)11-15-4-5-15/h3,6,15H,2,4-5,7-13H2,1H3/t17-/m1/s1. The molecule has 3 heterocycles. The van der Waals surface area contributed by atoms with Gasteiger partial charge in [-0.1, -0.05) is 0 Å². The first-order valence-corrected chi connectivity index (χ1v) is 8.50. The monoisotopic (exact) mass is 286 g/mol. The van der Waals surface area contributed by atoms with Crippen LogP contribution in [-0.4, -0.2) is 47.8 Å². The van der Waals surface area contributed by atoms with Gasteiger partial charge in [0.25, 0.3) is 0 Å². The van der Waals surface area contributed by atoms with E-state index in [-0.39, 0.29) is 0 Å². The number of anilines is 1. The SMILES string of the molecule is Cc1ccc(N2CCC[C@]3(CCN(CC4CC4)C3)C2)nn1. The zero-order valence-corrected chi connectivity index (χ0v) is 13.1. The van der Waals surface area contributed by atoms with Crippen molar-refractivity contribution in [3.63, 3.8) is 0 Å². The second-order valence-electron chi connectivity index (χ2n) is 7.49. The summed E-state index contributed by atoms with van der Waals surface area (Å²) < 4.78 is 0. The van der Waals surface area contributed by atoms with E-state index >= 15 is 0 Å². The van der Waals surface area contributed by atoms with Gasteiger partial charge in [-0.25, -0.2) is 0 Å². The van der Waals surface area contributed by atoms with Crippen LogP contribution in [0.5, 0.6) is 0 Å². The molecule has 4 heteroatoms. The van der Waals surface area contributed by atoms with Gasteiger partial charge in [0.15, 0.2) is 5.82 Å². The molecular formula is C17H26N4. The number of likely N-dealkylation sites (tertiary alicyclic amines) is 1. The molecule has 0 unspecified atom stereocenters. The maximum absolute atomic E-state index is 4.40. The van der Waals surface area contributed by atoms with Gasteiger partial charge in [-0.15, -0.1) is 5.10 Å². The molecule has 114 valence electrons. The third-order valence-electron chi connectivity index (χ3n) is 5.50. The molecule has 21 heavy (non-hydrogen) atoms. The van der Waals surface area contributed by atoms with E-state index in [2.05, 4.69) is 32.1 Å². The number of rotatable bonds is 3. The molecule has 0 radical (unpaired) electrons. The van der Waals surface area contributed by atoms with Crippen LogP contribution in [0.3, 0.4) is 0 Å². The van der Waals surface area contributed by atoms with Crippen molar-refractivity contribution in [1.29, 1.82) is 0 Å². The fourth-order valence-electron chi connectivity index (χ4n) is 4.15. The number of piperidine rings is 1. The van der Waals surface area contributed by atoms with Crippen molar-refractivity contribution >= 4 is 5.82 Å². The molecule has 0 bridgehead atoms. The zero-order valence-electron chi connectivity index (χ0n) is 13.1. The van der Waals surface area contributed by atoms with Gasteiger partial charge in [0.05, 0.1) is 5.69 Å². The molecule has 1 spiro atoms. The molecular weight excluding hydrogens is 260 g/mol. The smallest absolute Gasteiger partial charge is 0.151 e. The summed E-state index contributed by atoms with van der Waals surface area (Å²) >= 11 is 0. The number of hydrogen-bond acceptors (Lipinski definition) is 4. The number of aromatic nitrogens is 2. The van der Waals surface area contributed by atoms with Crippen LogP contribution in [0.4, 0.5) is 5.82 Å². The molecule has 4 nitrogen and oxygen atoms in total. The van der Waals surface area contributed by atoms with Crippen LogP contribution in [0.1, 0.15) is 37.8 Å². The molecule has 1 saturated carbocycles. The first-order valence-electron chi connectivity index (χ1n) is 8.50. The van der Waals surface area contributed by atoms with Crippen LogP contribution in [-0.2, 0) is 0 Å². The van der Waals surface area contributed by atoms with E-state index in [1.807, 2.05) is 6.92 Å². The maximum Gasteiger partial charge on any atom is 0.151 e. The molecule has 4 rings (SSSR count). The molecule has 0 amide bonds. The van der Waals surface area contributed by atoms with Gasteiger partial charge in [-0.3, -0.25) is 0 Å². The number of nitrogens with zero attached hydrogens (tertiary/aromatic N) is 4. The van der Waals surface area contributed by atoms with E-state index in [0.29, 0.717) is 5.41 Å². The minimum Gasteiger partial charge on any atom is -0.355 e. The number of hydrogen-bond donors (Lipinski definition) is 0. The Morgan fingerprint density at radius 2 is 2.05 bits per heavy atom. The van der Waals surface area contributed by atoms with Crippen molar-refractivity contribution in [2.24, 2.45) is 11.3 Å². The van der Waals surface area contributed by atoms with Crippen molar-refractivity contribution in [3.8, 4) is 0 Å². The lowest BCUT2D eigenvalue weighted by atomic mass is 9.79. The van der Waals surface area contributed by atoms with E-state index in [0.717, 1.165) is 24.0 Å². The predicted octanol–water partition coefficient (Wildman–Crippen LogP) is 2.49. The second-order valence-corrected chi connectivity index (χ2v) is 7.49. The molecule has 1 aromatic heterocycles. The molecule has 3 fully saturated rings. The van der Waals surface area contributed by atoms with Crippen molar-refractivity contribution in [2.75, 3.05) is 37.6 Å². The van der Waals surface area contributed by atoms with Gasteiger partial charge in [-0.05, 0) is 63.6 Å².